The Balaban J connectivity index is 1.60. The van der Waals surface area contributed by atoms with Gasteiger partial charge >= 0.3 is 5.97 Å². The van der Waals surface area contributed by atoms with E-state index in [4.69, 9.17) is 4.74 Å². The zero-order chi connectivity index (χ0) is 13.5. The van der Waals surface area contributed by atoms with Crippen molar-refractivity contribution in [2.75, 3.05) is 0 Å². The van der Waals surface area contributed by atoms with E-state index < -0.39 is 0 Å². The predicted molar refractivity (Wildman–Crippen MR) is 75.9 cm³/mol. The molecule has 4 atom stereocenters. The van der Waals surface area contributed by atoms with E-state index in [1.165, 1.54) is 51.4 Å². The first-order valence-electron chi connectivity index (χ1n) is 8.56. The normalized spacial score (nSPS) is 48.0. The second-order valence-corrected chi connectivity index (χ2v) is 8.15. The highest BCUT2D eigenvalue weighted by Crippen LogP contribution is 2.74. The Kier molecular flexibility index (Phi) is 2.07. The zero-order valence-electron chi connectivity index (χ0n) is 12.4. The maximum Gasteiger partial charge on any atom is 0.334 e. The molecule has 20 heavy (non-hydrogen) atoms. The lowest BCUT2D eigenvalue weighted by molar-refractivity contribution is -0.143. The van der Waals surface area contributed by atoms with Crippen molar-refractivity contribution in [3.05, 3.63) is 11.6 Å². The first-order chi connectivity index (χ1) is 9.69. The molecular formula is C18H24O2. The van der Waals surface area contributed by atoms with Crippen LogP contribution in [0.15, 0.2) is 11.6 Å². The van der Waals surface area contributed by atoms with E-state index in [9.17, 15) is 4.79 Å². The van der Waals surface area contributed by atoms with Gasteiger partial charge in [-0.15, -0.1) is 0 Å². The van der Waals surface area contributed by atoms with Crippen molar-refractivity contribution in [1.29, 1.82) is 0 Å². The van der Waals surface area contributed by atoms with Crippen LogP contribution < -0.4 is 0 Å². The molecular weight excluding hydrogens is 248 g/mol. The lowest BCUT2D eigenvalue weighted by Crippen LogP contribution is -2.34. The SMILES string of the molecule is CC=C1C(=O)OC2C1CCC1(CC1)C1CCC3(CC3)C21. The van der Waals surface area contributed by atoms with Crippen LogP contribution in [0.3, 0.4) is 0 Å². The number of hydrogen-bond donors (Lipinski definition) is 0. The third-order valence-electron chi connectivity index (χ3n) is 7.56. The van der Waals surface area contributed by atoms with Crippen LogP contribution in [-0.4, -0.2) is 12.1 Å². The quantitative estimate of drug-likeness (QED) is 0.494. The Morgan fingerprint density at radius 2 is 1.75 bits per heavy atom. The first kappa shape index (κ1) is 11.8. The van der Waals surface area contributed by atoms with Gasteiger partial charge in [0, 0.05) is 17.4 Å². The molecule has 4 saturated carbocycles. The van der Waals surface area contributed by atoms with Crippen LogP contribution in [0.4, 0.5) is 0 Å². The van der Waals surface area contributed by atoms with Crippen molar-refractivity contribution in [3.8, 4) is 0 Å². The molecule has 1 saturated heterocycles. The third kappa shape index (κ3) is 1.29. The predicted octanol–water partition coefficient (Wildman–Crippen LogP) is 3.85. The molecule has 2 nitrogen and oxygen atoms in total. The lowest BCUT2D eigenvalue weighted by Gasteiger charge is -2.32. The van der Waals surface area contributed by atoms with Gasteiger partial charge in [-0.3, -0.25) is 0 Å². The Labute approximate surface area is 120 Å². The Bertz CT molecular complexity index is 510. The highest BCUT2D eigenvalue weighted by molar-refractivity contribution is 5.91. The smallest absolute Gasteiger partial charge is 0.334 e. The van der Waals surface area contributed by atoms with Crippen molar-refractivity contribution < 1.29 is 9.53 Å². The van der Waals surface area contributed by atoms with Gasteiger partial charge in [-0.25, -0.2) is 4.79 Å². The van der Waals surface area contributed by atoms with Gasteiger partial charge < -0.3 is 4.74 Å². The van der Waals surface area contributed by atoms with E-state index in [1.54, 1.807) is 0 Å². The Morgan fingerprint density at radius 1 is 1.05 bits per heavy atom. The number of fused-ring (bicyclic) bond motifs is 5. The molecule has 1 aliphatic heterocycles. The Hall–Kier alpha value is -0.790. The molecule has 0 N–H and O–H groups in total. The average molecular weight is 272 g/mol. The highest BCUT2D eigenvalue weighted by Gasteiger charge is 2.69. The van der Waals surface area contributed by atoms with E-state index in [-0.39, 0.29) is 12.1 Å². The summed E-state index contributed by atoms with van der Waals surface area (Å²) in [5.41, 5.74) is 2.23. The van der Waals surface area contributed by atoms with E-state index in [0.717, 1.165) is 11.5 Å². The van der Waals surface area contributed by atoms with Gasteiger partial charge in [0.15, 0.2) is 0 Å². The number of carbonyl (C=O) groups is 1. The molecule has 0 radical (unpaired) electrons. The van der Waals surface area contributed by atoms with Crippen LogP contribution in [0, 0.1) is 28.6 Å². The number of hydrogen-bond acceptors (Lipinski definition) is 2. The Morgan fingerprint density at radius 3 is 2.40 bits per heavy atom. The van der Waals surface area contributed by atoms with Gasteiger partial charge in [-0.05, 0) is 75.0 Å². The number of esters is 1. The highest BCUT2D eigenvalue weighted by atomic mass is 16.6. The minimum atomic E-state index is -0.00398. The molecule has 5 aliphatic rings. The van der Waals surface area contributed by atoms with Crippen LogP contribution in [0.1, 0.15) is 58.3 Å². The minimum Gasteiger partial charge on any atom is -0.458 e. The van der Waals surface area contributed by atoms with Crippen LogP contribution in [0.2, 0.25) is 0 Å². The molecule has 108 valence electrons. The summed E-state index contributed by atoms with van der Waals surface area (Å²) in [4.78, 5) is 12.2. The second-order valence-electron chi connectivity index (χ2n) is 8.15. The van der Waals surface area contributed by atoms with E-state index >= 15 is 0 Å². The van der Waals surface area contributed by atoms with Gasteiger partial charge in [-0.1, -0.05) is 6.08 Å². The molecule has 2 heteroatoms. The summed E-state index contributed by atoms with van der Waals surface area (Å²) in [5, 5.41) is 0. The van der Waals surface area contributed by atoms with Gasteiger partial charge in [-0.2, -0.15) is 0 Å². The molecule has 0 bridgehead atoms. The van der Waals surface area contributed by atoms with Gasteiger partial charge in [0.2, 0.25) is 0 Å². The van der Waals surface area contributed by atoms with E-state index in [0.29, 0.717) is 22.7 Å². The van der Waals surface area contributed by atoms with E-state index in [2.05, 4.69) is 0 Å². The van der Waals surface area contributed by atoms with Crippen molar-refractivity contribution in [1.82, 2.24) is 0 Å². The van der Waals surface area contributed by atoms with E-state index in [1.807, 2.05) is 13.0 Å². The molecule has 0 aromatic carbocycles. The molecule has 1 heterocycles. The standard InChI is InChI=1S/C18H24O2/c1-2-11-12-3-5-17(7-8-17)13-4-6-18(9-10-18)14(13)15(12)20-16(11)19/h2,12-15H,3-10H2,1H3. The summed E-state index contributed by atoms with van der Waals surface area (Å²) >= 11 is 0. The fraction of sp³-hybridized carbons (Fsp3) is 0.833. The second kappa shape index (κ2) is 3.51. The fourth-order valence-corrected chi connectivity index (χ4v) is 6.21. The van der Waals surface area contributed by atoms with Gasteiger partial charge in [0.1, 0.15) is 6.10 Å². The molecule has 0 aromatic rings. The summed E-state index contributed by atoms with van der Waals surface area (Å²) < 4.78 is 5.95. The zero-order valence-corrected chi connectivity index (χ0v) is 12.4. The lowest BCUT2D eigenvalue weighted by atomic mass is 9.74. The van der Waals surface area contributed by atoms with Crippen LogP contribution >= 0.6 is 0 Å². The maximum absolute atomic E-state index is 12.2. The van der Waals surface area contributed by atoms with Gasteiger partial charge in [0.05, 0.1) is 0 Å². The minimum absolute atomic E-state index is 0.00398. The number of allylic oxidation sites excluding steroid dienone is 1. The molecule has 4 unspecified atom stereocenters. The summed E-state index contributed by atoms with van der Waals surface area (Å²) in [7, 11) is 0. The van der Waals surface area contributed by atoms with Crippen molar-refractivity contribution in [2.45, 2.75) is 64.4 Å². The molecule has 4 aliphatic carbocycles. The number of rotatable bonds is 0. The van der Waals surface area contributed by atoms with Crippen LogP contribution in [0.25, 0.3) is 0 Å². The van der Waals surface area contributed by atoms with Gasteiger partial charge in [0.25, 0.3) is 0 Å². The maximum atomic E-state index is 12.2. The summed E-state index contributed by atoms with van der Waals surface area (Å²) in [6.07, 6.45) is 13.3. The topological polar surface area (TPSA) is 26.3 Å². The summed E-state index contributed by atoms with van der Waals surface area (Å²) in [6.45, 7) is 2.01. The molecule has 0 aromatic heterocycles. The monoisotopic (exact) mass is 272 g/mol. The molecule has 5 fully saturated rings. The number of carbonyl (C=O) groups excluding carboxylic acids is 1. The fourth-order valence-electron chi connectivity index (χ4n) is 6.21. The summed E-state index contributed by atoms with van der Waals surface area (Å²) in [6, 6.07) is 0. The van der Waals surface area contributed by atoms with Crippen molar-refractivity contribution in [3.63, 3.8) is 0 Å². The average Bonchev–Trinajstić information content (AvgIpc) is 3.31. The molecule has 2 spiro atoms. The molecule has 0 amide bonds. The number of ether oxygens (including phenoxy) is 1. The first-order valence-corrected chi connectivity index (χ1v) is 8.56. The van der Waals surface area contributed by atoms with Crippen LogP contribution in [-0.2, 0) is 9.53 Å². The largest absolute Gasteiger partial charge is 0.458 e. The third-order valence-corrected chi connectivity index (χ3v) is 7.56. The van der Waals surface area contributed by atoms with Crippen LogP contribution in [0.5, 0.6) is 0 Å². The summed E-state index contributed by atoms with van der Waals surface area (Å²) in [5.74, 6) is 1.97. The van der Waals surface area contributed by atoms with Crippen molar-refractivity contribution in [2.24, 2.45) is 28.6 Å². The van der Waals surface area contributed by atoms with Crippen molar-refractivity contribution >= 4 is 5.97 Å². The molecule has 5 rings (SSSR count).